The number of aryl methyl sites for hydroxylation is 1. The van der Waals surface area contributed by atoms with E-state index in [0.29, 0.717) is 0 Å². The molecule has 3 rings (SSSR count). The Hall–Kier alpha value is -1.10. The molecule has 0 unspecified atom stereocenters. The summed E-state index contributed by atoms with van der Waals surface area (Å²) in [6, 6.07) is 7.91. The van der Waals surface area contributed by atoms with Gasteiger partial charge >= 0.3 is 0 Å². The van der Waals surface area contributed by atoms with Crippen LogP contribution in [-0.4, -0.2) is 9.97 Å². The summed E-state index contributed by atoms with van der Waals surface area (Å²) in [5.74, 6) is 1.70. The van der Waals surface area contributed by atoms with Crippen molar-refractivity contribution in [3.8, 4) is 0 Å². The fourth-order valence-electron chi connectivity index (χ4n) is 2.51. The Bertz CT molecular complexity index is 645. The van der Waals surface area contributed by atoms with Gasteiger partial charge in [-0.1, -0.05) is 31.0 Å². The summed E-state index contributed by atoms with van der Waals surface area (Å²) in [5.41, 5.74) is 3.71. The van der Waals surface area contributed by atoms with Crippen molar-refractivity contribution >= 4 is 23.4 Å². The molecule has 21 heavy (non-hydrogen) atoms. The first-order valence-electron chi connectivity index (χ1n) is 7.23. The molecule has 110 valence electrons. The van der Waals surface area contributed by atoms with Gasteiger partial charge in [-0.2, -0.15) is 0 Å². The van der Waals surface area contributed by atoms with Crippen LogP contribution in [0.3, 0.4) is 0 Å². The first kappa shape index (κ1) is 14.8. The zero-order valence-electron chi connectivity index (χ0n) is 12.0. The second kappa shape index (κ2) is 6.77. The third-order valence-electron chi connectivity index (χ3n) is 3.47. The van der Waals surface area contributed by atoms with Crippen molar-refractivity contribution in [3.63, 3.8) is 0 Å². The van der Waals surface area contributed by atoms with E-state index in [1.807, 2.05) is 18.2 Å². The zero-order valence-corrected chi connectivity index (χ0v) is 13.6. The van der Waals surface area contributed by atoms with Gasteiger partial charge in [-0.05, 0) is 24.6 Å². The van der Waals surface area contributed by atoms with Crippen molar-refractivity contribution in [2.75, 3.05) is 0 Å². The van der Waals surface area contributed by atoms with Crippen molar-refractivity contribution in [1.82, 2.24) is 15.3 Å². The Morgan fingerprint density at radius 2 is 2.19 bits per heavy atom. The molecule has 0 saturated carbocycles. The molecule has 1 aromatic heterocycles. The van der Waals surface area contributed by atoms with Crippen molar-refractivity contribution in [3.05, 3.63) is 52.1 Å². The largest absolute Gasteiger partial charge is 0.307 e. The maximum Gasteiger partial charge on any atom is 0.139 e. The van der Waals surface area contributed by atoms with Crippen LogP contribution >= 0.6 is 23.4 Å². The summed E-state index contributed by atoms with van der Waals surface area (Å²) >= 11 is 7.75. The lowest BCUT2D eigenvalue weighted by molar-refractivity contribution is 0.753. The fraction of sp³-hybridized carbons (Fsp3) is 0.375. The van der Waals surface area contributed by atoms with Gasteiger partial charge in [0.25, 0.3) is 0 Å². The zero-order chi connectivity index (χ0) is 14.7. The number of rotatable bonds is 5. The third-order valence-corrected chi connectivity index (χ3v) is 4.69. The molecule has 0 spiro atoms. The quantitative estimate of drug-likeness (QED) is 0.846. The predicted molar refractivity (Wildman–Crippen MR) is 87.6 cm³/mol. The highest BCUT2D eigenvalue weighted by Crippen LogP contribution is 2.26. The normalized spacial score (nSPS) is 13.4. The highest BCUT2D eigenvalue weighted by Gasteiger charge is 2.18. The maximum absolute atomic E-state index is 6.02. The molecule has 0 amide bonds. The van der Waals surface area contributed by atoms with Crippen LogP contribution in [0.1, 0.15) is 36.1 Å². The number of hydrogen-bond acceptors (Lipinski definition) is 4. The Morgan fingerprint density at radius 3 is 3.00 bits per heavy atom. The van der Waals surface area contributed by atoms with Gasteiger partial charge in [0.2, 0.25) is 0 Å². The number of benzene rings is 1. The molecule has 0 saturated heterocycles. The second-order valence-electron chi connectivity index (χ2n) is 5.11. The van der Waals surface area contributed by atoms with E-state index in [0.717, 1.165) is 47.4 Å². The van der Waals surface area contributed by atoms with Crippen LogP contribution in [0.15, 0.2) is 29.2 Å². The molecule has 1 aromatic carbocycles. The minimum Gasteiger partial charge on any atom is -0.307 e. The van der Waals surface area contributed by atoms with E-state index in [4.69, 9.17) is 21.6 Å². The Balaban J connectivity index is 1.78. The number of fused-ring (bicyclic) bond motifs is 1. The Morgan fingerprint density at radius 1 is 1.29 bits per heavy atom. The topological polar surface area (TPSA) is 37.8 Å². The van der Waals surface area contributed by atoms with Crippen LogP contribution in [0.2, 0.25) is 5.02 Å². The summed E-state index contributed by atoms with van der Waals surface area (Å²) in [6.07, 6.45) is 2.14. The standard InChI is InChI=1S/C16H18ClN3S/c1-2-4-14-13-8-18-9-15(13)20-16(19-14)10-21-12-6-3-5-11(17)7-12/h3,5-7,18H,2,4,8-10H2,1H3. The summed E-state index contributed by atoms with van der Waals surface area (Å²) in [6.45, 7) is 3.97. The number of halogens is 1. The molecule has 0 fully saturated rings. The average Bonchev–Trinajstić information content (AvgIpc) is 2.94. The van der Waals surface area contributed by atoms with E-state index in [9.17, 15) is 0 Å². The van der Waals surface area contributed by atoms with Gasteiger partial charge in [0.1, 0.15) is 5.82 Å². The van der Waals surface area contributed by atoms with Crippen molar-refractivity contribution in [1.29, 1.82) is 0 Å². The van der Waals surface area contributed by atoms with Gasteiger partial charge in [-0.15, -0.1) is 11.8 Å². The molecule has 1 N–H and O–H groups in total. The molecular weight excluding hydrogens is 302 g/mol. The number of thioether (sulfide) groups is 1. The van der Waals surface area contributed by atoms with E-state index >= 15 is 0 Å². The second-order valence-corrected chi connectivity index (χ2v) is 6.60. The van der Waals surface area contributed by atoms with Gasteiger partial charge in [-0.25, -0.2) is 9.97 Å². The van der Waals surface area contributed by atoms with Crippen molar-refractivity contribution in [2.24, 2.45) is 0 Å². The van der Waals surface area contributed by atoms with Crippen LogP contribution in [-0.2, 0) is 25.3 Å². The predicted octanol–water partition coefficient (Wildman–Crippen LogP) is 3.98. The van der Waals surface area contributed by atoms with Crippen LogP contribution in [0.25, 0.3) is 0 Å². The lowest BCUT2D eigenvalue weighted by Crippen LogP contribution is -2.05. The molecule has 0 aliphatic carbocycles. The van der Waals surface area contributed by atoms with Crippen LogP contribution in [0.4, 0.5) is 0 Å². The van der Waals surface area contributed by atoms with Crippen molar-refractivity contribution < 1.29 is 0 Å². The Labute approximate surface area is 134 Å². The minimum absolute atomic E-state index is 0.769. The summed E-state index contributed by atoms with van der Waals surface area (Å²) in [5, 5.41) is 4.14. The first-order valence-corrected chi connectivity index (χ1v) is 8.59. The van der Waals surface area contributed by atoms with Gasteiger partial charge < -0.3 is 5.32 Å². The average molecular weight is 320 g/mol. The SMILES string of the molecule is CCCc1nc(CSc2cccc(Cl)c2)nc2c1CNC2. The molecule has 0 atom stereocenters. The lowest BCUT2D eigenvalue weighted by Gasteiger charge is -2.09. The number of aromatic nitrogens is 2. The van der Waals surface area contributed by atoms with E-state index in [-0.39, 0.29) is 0 Å². The Kier molecular flexibility index (Phi) is 4.78. The smallest absolute Gasteiger partial charge is 0.139 e. The number of hydrogen-bond donors (Lipinski definition) is 1. The molecule has 0 radical (unpaired) electrons. The maximum atomic E-state index is 6.02. The molecule has 0 bridgehead atoms. The van der Waals surface area contributed by atoms with Crippen LogP contribution < -0.4 is 5.32 Å². The lowest BCUT2D eigenvalue weighted by atomic mass is 10.1. The van der Waals surface area contributed by atoms with Gasteiger partial charge in [0.15, 0.2) is 0 Å². The van der Waals surface area contributed by atoms with E-state index in [2.05, 4.69) is 18.3 Å². The van der Waals surface area contributed by atoms with E-state index in [1.54, 1.807) is 11.8 Å². The van der Waals surface area contributed by atoms with Gasteiger partial charge in [0.05, 0.1) is 11.4 Å². The summed E-state index contributed by atoms with van der Waals surface area (Å²) < 4.78 is 0. The molecule has 3 nitrogen and oxygen atoms in total. The monoisotopic (exact) mass is 319 g/mol. The summed E-state index contributed by atoms with van der Waals surface area (Å²) in [4.78, 5) is 10.6. The fourth-order valence-corrected chi connectivity index (χ4v) is 3.57. The summed E-state index contributed by atoms with van der Waals surface area (Å²) in [7, 11) is 0. The van der Waals surface area contributed by atoms with Crippen LogP contribution in [0.5, 0.6) is 0 Å². The van der Waals surface area contributed by atoms with E-state index in [1.165, 1.54) is 17.0 Å². The highest BCUT2D eigenvalue weighted by atomic mass is 35.5. The van der Waals surface area contributed by atoms with Gasteiger partial charge in [0, 0.05) is 34.3 Å². The molecule has 2 heterocycles. The molecular formula is C16H18ClN3S. The number of nitrogens with zero attached hydrogens (tertiary/aromatic N) is 2. The molecule has 1 aliphatic rings. The molecule has 5 heteroatoms. The molecule has 2 aromatic rings. The van der Waals surface area contributed by atoms with Gasteiger partial charge in [-0.3, -0.25) is 0 Å². The van der Waals surface area contributed by atoms with Crippen LogP contribution in [0, 0.1) is 0 Å². The van der Waals surface area contributed by atoms with Crippen molar-refractivity contribution in [2.45, 2.75) is 43.5 Å². The molecule has 1 aliphatic heterocycles. The third kappa shape index (κ3) is 3.57. The van der Waals surface area contributed by atoms with E-state index < -0.39 is 0 Å². The highest BCUT2D eigenvalue weighted by molar-refractivity contribution is 7.98. The minimum atomic E-state index is 0.769. The number of nitrogens with one attached hydrogen (secondary N) is 1. The first-order chi connectivity index (χ1) is 10.3.